The van der Waals surface area contributed by atoms with Gasteiger partial charge in [-0.25, -0.2) is 0 Å². The molecule has 214 valence electrons. The minimum atomic E-state index is -1.06. The van der Waals surface area contributed by atoms with Gasteiger partial charge in [0.25, 0.3) is 0 Å². The number of carbonyl (C=O) groups is 2. The Hall–Kier alpha value is -1.76. The molecule has 11 nitrogen and oxygen atoms in total. The van der Waals surface area contributed by atoms with Crippen molar-refractivity contribution < 1.29 is 44.2 Å². The molecule has 0 bridgehead atoms. The highest BCUT2D eigenvalue weighted by Gasteiger charge is 2.35. The van der Waals surface area contributed by atoms with Crippen molar-refractivity contribution in [2.75, 3.05) is 33.0 Å². The number of hydrogen-bond acceptors (Lipinski definition) is 9. The normalized spacial score (nSPS) is 23.5. The number of ether oxygens (including phenoxy) is 3. The first kappa shape index (κ1) is 31.5. The lowest BCUT2D eigenvalue weighted by atomic mass is 9.86. The van der Waals surface area contributed by atoms with E-state index in [1.165, 1.54) is 33.1 Å². The molecule has 1 heterocycles. The molecule has 1 saturated carbocycles. The van der Waals surface area contributed by atoms with E-state index in [0.29, 0.717) is 44.6 Å². The van der Waals surface area contributed by atoms with Gasteiger partial charge in [-0.2, -0.15) is 0 Å². The number of nitrogens with zero attached hydrogens (tertiary/aromatic N) is 1. The molecule has 2 aliphatic rings. The second-order valence-electron chi connectivity index (χ2n) is 10.0. The summed E-state index contributed by atoms with van der Waals surface area (Å²) in [5, 5.41) is 41.1. The van der Waals surface area contributed by atoms with E-state index >= 15 is 0 Å². The third-order valence-electron chi connectivity index (χ3n) is 6.94. The van der Waals surface area contributed by atoms with Gasteiger partial charge >= 0.3 is 0 Å². The minimum Gasteiger partial charge on any atom is -0.496 e. The molecule has 0 aromatic rings. The van der Waals surface area contributed by atoms with Crippen molar-refractivity contribution in [1.29, 1.82) is 0 Å². The van der Waals surface area contributed by atoms with Crippen molar-refractivity contribution in [2.45, 2.75) is 102 Å². The molecular weight excluding hydrogens is 484 g/mol. The summed E-state index contributed by atoms with van der Waals surface area (Å²) in [5.74, 6) is 0.217. The highest BCUT2D eigenvalue weighted by molar-refractivity contribution is 5.77. The molecular formula is C26H46N2O9. The van der Waals surface area contributed by atoms with Crippen molar-refractivity contribution in [3.05, 3.63) is 12.3 Å². The van der Waals surface area contributed by atoms with Crippen LogP contribution in [0.5, 0.6) is 0 Å². The van der Waals surface area contributed by atoms with Crippen molar-refractivity contribution in [3.63, 3.8) is 0 Å². The number of rotatable bonds is 18. The van der Waals surface area contributed by atoms with E-state index in [-0.39, 0.29) is 37.2 Å². The molecule has 1 saturated heterocycles. The van der Waals surface area contributed by atoms with Gasteiger partial charge in [0, 0.05) is 26.4 Å². The van der Waals surface area contributed by atoms with Crippen LogP contribution in [-0.2, 0) is 23.8 Å². The molecule has 37 heavy (non-hydrogen) atoms. The third-order valence-corrected chi connectivity index (χ3v) is 6.94. The molecule has 2 rings (SSSR count). The van der Waals surface area contributed by atoms with Crippen LogP contribution in [0, 0.1) is 5.92 Å². The van der Waals surface area contributed by atoms with Crippen LogP contribution in [-0.4, -0.2) is 107 Å². The summed E-state index contributed by atoms with van der Waals surface area (Å²) in [5.41, 5.74) is 0. The van der Waals surface area contributed by atoms with Crippen molar-refractivity contribution >= 4 is 11.8 Å². The van der Waals surface area contributed by atoms with Gasteiger partial charge in [-0.05, 0) is 44.6 Å². The first-order valence-electron chi connectivity index (χ1n) is 13.4. The molecule has 0 aromatic carbocycles. The van der Waals surface area contributed by atoms with Crippen LogP contribution < -0.4 is 5.32 Å². The molecule has 0 aromatic heterocycles. The lowest BCUT2D eigenvalue weighted by molar-refractivity contribution is -0.214. The van der Waals surface area contributed by atoms with Crippen LogP contribution in [0.4, 0.5) is 0 Å². The van der Waals surface area contributed by atoms with Crippen LogP contribution in [0.2, 0.25) is 0 Å². The summed E-state index contributed by atoms with van der Waals surface area (Å²) in [6.45, 7) is 2.49. The second-order valence-corrected chi connectivity index (χ2v) is 10.0. The number of carbonyl (C=O) groups excluding carboxylic acids is 2. The Morgan fingerprint density at radius 1 is 1.14 bits per heavy atom. The van der Waals surface area contributed by atoms with Gasteiger partial charge in [0.2, 0.25) is 11.8 Å². The molecule has 0 spiro atoms. The van der Waals surface area contributed by atoms with Crippen molar-refractivity contribution in [3.8, 4) is 0 Å². The summed E-state index contributed by atoms with van der Waals surface area (Å²) >= 11 is 0. The second kappa shape index (κ2) is 17.0. The Balaban J connectivity index is 1.73. The number of aliphatic hydroxyl groups is 4. The maximum Gasteiger partial charge on any atom is 0.223 e. The van der Waals surface area contributed by atoms with E-state index in [1.807, 2.05) is 0 Å². The van der Waals surface area contributed by atoms with Crippen molar-refractivity contribution in [2.24, 2.45) is 5.92 Å². The Morgan fingerprint density at radius 3 is 2.46 bits per heavy atom. The van der Waals surface area contributed by atoms with Crippen LogP contribution >= 0.6 is 0 Å². The summed E-state index contributed by atoms with van der Waals surface area (Å²) in [6.07, 6.45) is 7.34. The number of aliphatic hydroxyl groups excluding tert-OH is 4. The van der Waals surface area contributed by atoms with Gasteiger partial charge in [-0.3, -0.25) is 9.59 Å². The van der Waals surface area contributed by atoms with Crippen LogP contribution in [0.1, 0.15) is 65.2 Å². The Kier molecular flexibility index (Phi) is 14.4. The summed E-state index contributed by atoms with van der Waals surface area (Å²) < 4.78 is 17.2. The number of unbranched alkanes of at least 4 members (excludes halogenated alkanes) is 2. The fraction of sp³-hybridized carbons (Fsp3) is 0.846. The van der Waals surface area contributed by atoms with E-state index in [1.54, 1.807) is 11.2 Å². The fourth-order valence-electron chi connectivity index (χ4n) is 4.44. The number of hydrogen-bond donors (Lipinski definition) is 5. The average Bonchev–Trinajstić information content (AvgIpc) is 3.26. The zero-order valence-corrected chi connectivity index (χ0v) is 22.2. The molecule has 6 atom stereocenters. The molecule has 0 radical (unpaired) electrons. The SMILES string of the molecule is CC(=O)N[C@@H](CO)C(OCCCCCC(=O)N1C[C@H](O/C=C\C2CCC2)C[C@H]1CO)OC(CO)[C@@H](C)O. The van der Waals surface area contributed by atoms with Crippen LogP contribution in [0.15, 0.2) is 12.3 Å². The fourth-order valence-corrected chi connectivity index (χ4v) is 4.44. The largest absolute Gasteiger partial charge is 0.496 e. The molecule has 1 aliphatic heterocycles. The van der Waals surface area contributed by atoms with E-state index < -0.39 is 37.8 Å². The van der Waals surface area contributed by atoms with Gasteiger partial charge in [0.05, 0.1) is 44.8 Å². The highest BCUT2D eigenvalue weighted by Crippen LogP contribution is 2.28. The lowest BCUT2D eigenvalue weighted by Gasteiger charge is -2.30. The third kappa shape index (κ3) is 10.9. The summed E-state index contributed by atoms with van der Waals surface area (Å²) in [7, 11) is 0. The number of allylic oxidation sites excluding steroid dienone is 1. The zero-order chi connectivity index (χ0) is 27.2. The van der Waals surface area contributed by atoms with Gasteiger partial charge in [-0.1, -0.05) is 12.8 Å². The number of likely N-dealkylation sites (tertiary alicyclic amines) is 1. The summed E-state index contributed by atoms with van der Waals surface area (Å²) in [4.78, 5) is 25.9. The van der Waals surface area contributed by atoms with Gasteiger partial charge in [0.1, 0.15) is 18.2 Å². The maximum atomic E-state index is 12.8. The minimum absolute atomic E-state index is 0.0102. The Bertz CT molecular complexity index is 702. The van der Waals surface area contributed by atoms with Gasteiger partial charge in [-0.15, -0.1) is 0 Å². The van der Waals surface area contributed by atoms with Gasteiger partial charge in [0.15, 0.2) is 6.29 Å². The standard InChI is InChI=1S/C26H46N2O9/c1-18(32)24(17-31)37-26(23(16-30)27-19(2)33)36-11-5-3-4-9-25(34)28-14-22(13-21(28)15-29)35-12-10-20-7-6-8-20/h10,12,18,20-24,26,29-32H,3-9,11,13-17H2,1-2H3,(H,27,33)/b12-10-/t18-,21+,22-,23+,24?,26?/m1/s1. The monoisotopic (exact) mass is 530 g/mol. The topological polar surface area (TPSA) is 158 Å². The molecule has 2 amide bonds. The number of amides is 2. The Labute approximate surface area is 219 Å². The van der Waals surface area contributed by atoms with E-state index in [4.69, 9.17) is 14.2 Å². The molecule has 1 aliphatic carbocycles. The van der Waals surface area contributed by atoms with E-state index in [9.17, 15) is 30.0 Å². The quantitative estimate of drug-likeness (QED) is 0.0963. The smallest absolute Gasteiger partial charge is 0.223 e. The lowest BCUT2D eigenvalue weighted by Crippen LogP contribution is -2.50. The first-order valence-corrected chi connectivity index (χ1v) is 13.4. The molecule has 5 N–H and O–H groups in total. The Morgan fingerprint density at radius 2 is 1.89 bits per heavy atom. The predicted molar refractivity (Wildman–Crippen MR) is 135 cm³/mol. The molecule has 2 unspecified atom stereocenters. The van der Waals surface area contributed by atoms with Crippen molar-refractivity contribution in [1.82, 2.24) is 10.2 Å². The maximum absolute atomic E-state index is 12.8. The molecule has 11 heteroatoms. The van der Waals surface area contributed by atoms with E-state index in [0.717, 1.165) is 0 Å². The predicted octanol–water partition coefficient (Wildman–Crippen LogP) is 0.437. The van der Waals surface area contributed by atoms with Gasteiger partial charge < -0.3 is 44.9 Å². The van der Waals surface area contributed by atoms with Crippen LogP contribution in [0.3, 0.4) is 0 Å². The zero-order valence-electron chi connectivity index (χ0n) is 22.2. The van der Waals surface area contributed by atoms with E-state index in [2.05, 4.69) is 11.4 Å². The number of nitrogens with one attached hydrogen (secondary N) is 1. The first-order chi connectivity index (χ1) is 17.8. The molecule has 2 fully saturated rings. The summed E-state index contributed by atoms with van der Waals surface area (Å²) in [6, 6.07) is -1.09. The van der Waals surface area contributed by atoms with Crippen LogP contribution in [0.25, 0.3) is 0 Å². The average molecular weight is 531 g/mol. The highest BCUT2D eigenvalue weighted by atomic mass is 16.7.